The summed E-state index contributed by atoms with van der Waals surface area (Å²) in [5, 5.41) is 10.8. The number of esters is 1. The van der Waals surface area contributed by atoms with Crippen molar-refractivity contribution < 1.29 is 29.0 Å². The number of carbonyl (C=O) groups excluding carboxylic acids is 2. The maximum atomic E-state index is 11.8. The van der Waals surface area contributed by atoms with Crippen LogP contribution in [0.15, 0.2) is 0 Å². The molecule has 2 atom stereocenters. The lowest BCUT2D eigenvalue weighted by Crippen LogP contribution is -2.39. The fourth-order valence-electron chi connectivity index (χ4n) is 1.40. The van der Waals surface area contributed by atoms with Crippen LogP contribution >= 0.6 is 11.8 Å². The highest BCUT2D eigenvalue weighted by Gasteiger charge is 2.25. The summed E-state index contributed by atoms with van der Waals surface area (Å²) < 4.78 is 10.2. The molecule has 2 N–H and O–H groups in total. The number of thioether (sulfide) groups is 1. The standard InChI is InChI=1S/C16H29NO6S/c1-9(2)8-24-12(13(18)19)7-17-16(21)23-15(11(5)6)22-14(20)10(3)4/h9-12,15H,7-8H2,1-6H3,(H,17,21)(H,18,19)/t12-,15-/m0/s1. The van der Waals surface area contributed by atoms with Gasteiger partial charge in [-0.05, 0) is 11.7 Å². The second-order valence-corrected chi connectivity index (χ2v) is 7.78. The molecule has 24 heavy (non-hydrogen) atoms. The highest BCUT2D eigenvalue weighted by atomic mass is 32.2. The van der Waals surface area contributed by atoms with Crippen LogP contribution in [0.2, 0.25) is 0 Å². The summed E-state index contributed by atoms with van der Waals surface area (Å²) in [7, 11) is 0. The summed E-state index contributed by atoms with van der Waals surface area (Å²) in [6, 6.07) is 0. The van der Waals surface area contributed by atoms with Gasteiger partial charge in [-0.1, -0.05) is 41.5 Å². The van der Waals surface area contributed by atoms with Gasteiger partial charge in [0.15, 0.2) is 0 Å². The van der Waals surface area contributed by atoms with Crippen LogP contribution in [0.1, 0.15) is 41.5 Å². The van der Waals surface area contributed by atoms with E-state index in [0.717, 1.165) is 0 Å². The average Bonchev–Trinajstić information content (AvgIpc) is 2.45. The summed E-state index contributed by atoms with van der Waals surface area (Å²) in [6.45, 7) is 10.8. The van der Waals surface area contributed by atoms with Gasteiger partial charge in [0, 0.05) is 12.5 Å². The number of hydrogen-bond acceptors (Lipinski definition) is 6. The normalized spacial score (nSPS) is 13.7. The lowest BCUT2D eigenvalue weighted by Gasteiger charge is -2.23. The Kier molecular flexibility index (Phi) is 10.5. The molecule has 0 heterocycles. The molecule has 0 bridgehead atoms. The largest absolute Gasteiger partial charge is 0.480 e. The molecular weight excluding hydrogens is 334 g/mol. The summed E-state index contributed by atoms with van der Waals surface area (Å²) >= 11 is 1.26. The smallest absolute Gasteiger partial charge is 0.410 e. The van der Waals surface area contributed by atoms with E-state index in [1.165, 1.54) is 11.8 Å². The van der Waals surface area contributed by atoms with Crippen molar-refractivity contribution in [3.63, 3.8) is 0 Å². The highest BCUT2D eigenvalue weighted by molar-refractivity contribution is 8.00. The van der Waals surface area contributed by atoms with E-state index in [4.69, 9.17) is 14.6 Å². The SMILES string of the molecule is CC(C)CS[C@@H](CNC(=O)O[C@H](OC(=O)C(C)C)C(C)C)C(=O)O. The van der Waals surface area contributed by atoms with Gasteiger partial charge < -0.3 is 19.9 Å². The minimum Gasteiger partial charge on any atom is -0.480 e. The number of carboxylic acid groups (broad SMARTS) is 1. The van der Waals surface area contributed by atoms with Crippen LogP contribution < -0.4 is 5.32 Å². The summed E-state index contributed by atoms with van der Waals surface area (Å²) in [5.41, 5.74) is 0. The van der Waals surface area contributed by atoms with E-state index in [2.05, 4.69) is 5.32 Å². The van der Waals surface area contributed by atoms with E-state index in [1.807, 2.05) is 13.8 Å². The molecule has 0 unspecified atom stereocenters. The number of aliphatic carboxylic acids is 1. The number of rotatable bonds is 10. The molecule has 0 fully saturated rings. The van der Waals surface area contributed by atoms with Crippen LogP contribution in [-0.2, 0) is 19.1 Å². The predicted molar refractivity (Wildman–Crippen MR) is 92.8 cm³/mol. The van der Waals surface area contributed by atoms with E-state index >= 15 is 0 Å². The third-order valence-electron chi connectivity index (χ3n) is 2.81. The molecule has 0 radical (unpaired) electrons. The molecule has 0 aromatic rings. The first-order valence-electron chi connectivity index (χ1n) is 8.03. The minimum atomic E-state index is -1.01. The lowest BCUT2D eigenvalue weighted by molar-refractivity contribution is -0.178. The molecule has 0 aromatic carbocycles. The molecule has 0 aliphatic carbocycles. The van der Waals surface area contributed by atoms with Gasteiger partial charge >= 0.3 is 18.0 Å². The number of alkyl carbamates (subject to hydrolysis) is 1. The first-order valence-corrected chi connectivity index (χ1v) is 9.08. The molecule has 0 aromatic heterocycles. The molecule has 0 aliphatic rings. The molecular formula is C16H29NO6S. The van der Waals surface area contributed by atoms with E-state index in [-0.39, 0.29) is 18.4 Å². The maximum absolute atomic E-state index is 11.8. The van der Waals surface area contributed by atoms with Gasteiger partial charge in [0.2, 0.25) is 0 Å². The molecule has 8 heteroatoms. The van der Waals surface area contributed by atoms with Crippen molar-refractivity contribution in [3.8, 4) is 0 Å². The van der Waals surface area contributed by atoms with Crippen LogP contribution in [0.5, 0.6) is 0 Å². The van der Waals surface area contributed by atoms with Crippen LogP contribution in [-0.4, -0.2) is 47.0 Å². The van der Waals surface area contributed by atoms with E-state index in [9.17, 15) is 14.4 Å². The zero-order valence-corrected chi connectivity index (χ0v) is 16.0. The molecule has 0 rings (SSSR count). The monoisotopic (exact) mass is 363 g/mol. The molecule has 0 spiro atoms. The molecule has 0 aliphatic heterocycles. The second kappa shape index (κ2) is 11.2. The third kappa shape index (κ3) is 9.64. The Morgan fingerprint density at radius 2 is 1.62 bits per heavy atom. The minimum absolute atomic E-state index is 0.0610. The van der Waals surface area contributed by atoms with Crippen LogP contribution in [0, 0.1) is 17.8 Å². The van der Waals surface area contributed by atoms with Gasteiger partial charge in [-0.2, -0.15) is 0 Å². The van der Waals surface area contributed by atoms with Gasteiger partial charge in [-0.3, -0.25) is 9.59 Å². The second-order valence-electron chi connectivity index (χ2n) is 6.54. The summed E-state index contributed by atoms with van der Waals surface area (Å²) in [6.07, 6.45) is -1.81. The van der Waals surface area contributed by atoms with E-state index in [1.54, 1.807) is 27.7 Å². The van der Waals surface area contributed by atoms with E-state index in [0.29, 0.717) is 11.7 Å². The van der Waals surface area contributed by atoms with Crippen LogP contribution in [0.3, 0.4) is 0 Å². The topological polar surface area (TPSA) is 102 Å². The summed E-state index contributed by atoms with van der Waals surface area (Å²) in [5.74, 6) is -0.978. The molecule has 1 amide bonds. The van der Waals surface area contributed by atoms with Gasteiger partial charge in [-0.15, -0.1) is 11.8 Å². The Balaban J connectivity index is 4.50. The number of ether oxygens (including phenoxy) is 2. The first-order chi connectivity index (χ1) is 11.0. The third-order valence-corrected chi connectivity index (χ3v) is 4.44. The predicted octanol–water partition coefficient (Wildman–Crippen LogP) is 2.74. The van der Waals surface area contributed by atoms with Crippen LogP contribution in [0.4, 0.5) is 4.79 Å². The summed E-state index contributed by atoms with van der Waals surface area (Å²) in [4.78, 5) is 34.7. The average molecular weight is 363 g/mol. The first kappa shape index (κ1) is 22.6. The van der Waals surface area contributed by atoms with Gasteiger partial charge in [0.05, 0.1) is 5.92 Å². The van der Waals surface area contributed by atoms with Crippen molar-refractivity contribution in [2.24, 2.45) is 17.8 Å². The number of amides is 1. The molecule has 0 saturated carbocycles. The van der Waals surface area contributed by atoms with Gasteiger partial charge in [0.1, 0.15) is 5.25 Å². The Morgan fingerprint density at radius 1 is 1.04 bits per heavy atom. The Bertz CT molecular complexity index is 425. The van der Waals surface area contributed by atoms with E-state index < -0.39 is 29.6 Å². The highest BCUT2D eigenvalue weighted by Crippen LogP contribution is 2.15. The zero-order valence-electron chi connectivity index (χ0n) is 15.2. The number of nitrogens with one attached hydrogen (secondary N) is 1. The molecule has 0 saturated heterocycles. The quantitative estimate of drug-likeness (QED) is 0.454. The fraction of sp³-hybridized carbons (Fsp3) is 0.812. The van der Waals surface area contributed by atoms with Crippen molar-refractivity contribution in [2.45, 2.75) is 53.1 Å². The van der Waals surface area contributed by atoms with Crippen molar-refractivity contribution >= 4 is 29.8 Å². The lowest BCUT2D eigenvalue weighted by atomic mass is 10.2. The fourth-order valence-corrected chi connectivity index (χ4v) is 2.36. The molecule has 140 valence electrons. The Morgan fingerprint density at radius 3 is 2.04 bits per heavy atom. The number of hydrogen-bond donors (Lipinski definition) is 2. The maximum Gasteiger partial charge on any atom is 0.410 e. The number of carbonyl (C=O) groups is 3. The Hall–Kier alpha value is -1.44. The van der Waals surface area contributed by atoms with Crippen molar-refractivity contribution in [1.29, 1.82) is 0 Å². The zero-order chi connectivity index (χ0) is 18.9. The Labute approximate surface area is 147 Å². The van der Waals surface area contributed by atoms with Gasteiger partial charge in [0.25, 0.3) is 6.29 Å². The van der Waals surface area contributed by atoms with Crippen molar-refractivity contribution in [2.75, 3.05) is 12.3 Å². The van der Waals surface area contributed by atoms with Crippen molar-refractivity contribution in [1.82, 2.24) is 5.32 Å². The van der Waals surface area contributed by atoms with Gasteiger partial charge in [-0.25, -0.2) is 4.79 Å². The molecule has 7 nitrogen and oxygen atoms in total. The van der Waals surface area contributed by atoms with Crippen LogP contribution in [0.25, 0.3) is 0 Å². The number of carboxylic acids is 1. The van der Waals surface area contributed by atoms with Crippen molar-refractivity contribution in [3.05, 3.63) is 0 Å².